The molecule has 0 bridgehead atoms. The molecular weight excluding hydrogens is 705 g/mol. The number of urea groups is 2. The van der Waals surface area contributed by atoms with E-state index in [1.165, 1.54) is 11.1 Å². The van der Waals surface area contributed by atoms with Crippen LogP contribution < -0.4 is 20.4 Å². The van der Waals surface area contributed by atoms with Crippen LogP contribution in [-0.4, -0.2) is 92.6 Å². The molecule has 14 nitrogen and oxygen atoms in total. The monoisotopic (exact) mass is 754 g/mol. The molecule has 4 aromatic rings. The molecule has 56 heavy (non-hydrogen) atoms. The van der Waals surface area contributed by atoms with Crippen molar-refractivity contribution in [2.45, 2.75) is 90.4 Å². The molecule has 2 aliphatic heterocycles. The van der Waals surface area contributed by atoms with Gasteiger partial charge >= 0.3 is 12.1 Å². The third kappa shape index (κ3) is 9.15. The highest BCUT2D eigenvalue weighted by atomic mass is 16.2. The van der Waals surface area contributed by atoms with E-state index >= 15 is 0 Å². The van der Waals surface area contributed by atoms with Gasteiger partial charge in [-0.2, -0.15) is 10.5 Å². The molecule has 14 heteroatoms. The third-order valence-electron chi connectivity index (χ3n) is 10.7. The maximum absolute atomic E-state index is 14.2. The number of rotatable bonds is 9. The molecule has 0 radical (unpaired) electrons. The summed E-state index contributed by atoms with van der Waals surface area (Å²) in [6.45, 7) is 14.6. The number of nitrogens with one attached hydrogen (secondary N) is 2. The first kappa shape index (κ1) is 39.4. The van der Waals surface area contributed by atoms with Crippen LogP contribution in [0.25, 0.3) is 0 Å². The average Bonchev–Trinajstić information content (AvgIpc) is 3.20. The Kier molecular flexibility index (Phi) is 12.3. The van der Waals surface area contributed by atoms with Crippen molar-refractivity contribution >= 4 is 35.1 Å². The van der Waals surface area contributed by atoms with Gasteiger partial charge in [-0.25, -0.2) is 9.59 Å². The average molecular weight is 755 g/mol. The van der Waals surface area contributed by atoms with Gasteiger partial charge in [0, 0.05) is 49.6 Å². The zero-order chi connectivity index (χ0) is 39.9. The largest absolute Gasteiger partial charge is 0.351 e. The lowest BCUT2D eigenvalue weighted by atomic mass is 9.96. The van der Waals surface area contributed by atoms with Crippen molar-refractivity contribution in [1.82, 2.24) is 30.2 Å². The lowest BCUT2D eigenvalue weighted by molar-refractivity contribution is 0.116. The van der Waals surface area contributed by atoms with E-state index in [2.05, 4.69) is 68.5 Å². The maximum atomic E-state index is 14.2. The summed E-state index contributed by atoms with van der Waals surface area (Å²) in [5.74, 6) is 2.01. The third-order valence-corrected chi connectivity index (χ3v) is 10.7. The minimum Gasteiger partial charge on any atom is -0.351 e. The first-order chi connectivity index (χ1) is 26.9. The standard InChI is InChI=1S/C42H50N12O2/c1-27(2)31-7-11-33(12-8-31)45-41(55)53-29(5)23-51(39-19-15-35(21-43)47-49-39)25-37(53)17-18-38-26-52(40-20-16-36(22-44)48-50-40)24-30(6)54(38)42(56)46-34-13-9-32(10-14-34)28(3)4/h7-16,19-20,27-30,37-38H,17-18,23-26H2,1-6H3,(H,45,55)(H,46,56)/t29-,30-,37+,38+/m0/s1. The Morgan fingerprint density at radius 2 is 0.982 bits per heavy atom. The van der Waals surface area contributed by atoms with E-state index in [-0.39, 0.29) is 47.6 Å². The first-order valence-corrected chi connectivity index (χ1v) is 19.3. The summed E-state index contributed by atoms with van der Waals surface area (Å²) < 4.78 is 0. The maximum Gasteiger partial charge on any atom is 0.322 e. The van der Waals surface area contributed by atoms with Crippen molar-refractivity contribution in [3.63, 3.8) is 0 Å². The fraction of sp³-hybridized carbons (Fsp3) is 0.429. The molecule has 2 aromatic heterocycles. The number of hydrogen-bond acceptors (Lipinski definition) is 10. The number of aromatic nitrogens is 4. The summed E-state index contributed by atoms with van der Waals surface area (Å²) in [7, 11) is 0. The van der Waals surface area contributed by atoms with Crippen LogP contribution in [0, 0.1) is 22.7 Å². The minimum absolute atomic E-state index is 0.198. The molecule has 4 heterocycles. The molecule has 290 valence electrons. The fourth-order valence-corrected chi connectivity index (χ4v) is 7.70. The molecule has 2 aromatic carbocycles. The predicted molar refractivity (Wildman–Crippen MR) is 216 cm³/mol. The van der Waals surface area contributed by atoms with Crippen molar-refractivity contribution in [2.24, 2.45) is 0 Å². The number of anilines is 4. The number of carbonyl (C=O) groups excluding carboxylic acids is 2. The summed E-state index contributed by atoms with van der Waals surface area (Å²) in [6, 6.07) is 25.5. The van der Waals surface area contributed by atoms with Gasteiger partial charge in [0.05, 0.1) is 12.1 Å². The Labute approximate surface area is 329 Å². The molecule has 0 unspecified atom stereocenters. The Balaban J connectivity index is 1.27. The van der Waals surface area contributed by atoms with Crippen molar-refractivity contribution in [2.75, 3.05) is 46.6 Å². The van der Waals surface area contributed by atoms with Crippen LogP contribution in [0.2, 0.25) is 0 Å². The molecule has 2 aliphatic rings. The van der Waals surface area contributed by atoms with E-state index in [1.807, 2.05) is 84.3 Å². The molecule has 4 atom stereocenters. The fourth-order valence-electron chi connectivity index (χ4n) is 7.70. The van der Waals surface area contributed by atoms with Crippen LogP contribution in [0.1, 0.15) is 88.7 Å². The van der Waals surface area contributed by atoms with Gasteiger partial charge < -0.3 is 30.2 Å². The zero-order valence-electron chi connectivity index (χ0n) is 32.9. The second-order valence-corrected chi connectivity index (χ2v) is 15.4. The second kappa shape index (κ2) is 17.5. The van der Waals surface area contributed by atoms with E-state index < -0.39 is 0 Å². The second-order valence-electron chi connectivity index (χ2n) is 15.4. The lowest BCUT2D eigenvalue weighted by Crippen LogP contribution is -2.63. The summed E-state index contributed by atoms with van der Waals surface area (Å²) in [5, 5.41) is 41.7. The highest BCUT2D eigenvalue weighted by Gasteiger charge is 2.40. The first-order valence-electron chi connectivity index (χ1n) is 19.3. The number of hydrogen-bond donors (Lipinski definition) is 2. The molecule has 6 rings (SSSR count). The number of amides is 4. The Hall–Kier alpha value is -6.28. The van der Waals surface area contributed by atoms with Crippen LogP contribution in [-0.2, 0) is 0 Å². The SMILES string of the molecule is CC(C)c1ccc(NC(=O)N2[C@H](CC[C@@H]3CN(c4ccc(C#N)nn4)C[C@H](C)N3C(=O)Nc3ccc(C(C)C)cc3)CN(c3ccc(C#N)nn3)C[C@@H]2C)cc1. The zero-order valence-corrected chi connectivity index (χ0v) is 32.9. The van der Waals surface area contributed by atoms with E-state index in [0.717, 1.165) is 11.4 Å². The lowest BCUT2D eigenvalue weighted by Gasteiger charge is -2.48. The van der Waals surface area contributed by atoms with Crippen molar-refractivity contribution < 1.29 is 9.59 Å². The van der Waals surface area contributed by atoms with E-state index in [4.69, 9.17) is 0 Å². The molecule has 0 aliphatic carbocycles. The molecule has 0 spiro atoms. The minimum atomic E-state index is -0.264. The molecular formula is C42H50N12O2. The summed E-state index contributed by atoms with van der Waals surface area (Å²) in [6.07, 6.45) is 1.14. The van der Waals surface area contributed by atoms with Crippen LogP contribution in [0.3, 0.4) is 0 Å². The molecule has 4 amide bonds. The number of nitriles is 2. The van der Waals surface area contributed by atoms with Crippen molar-refractivity contribution in [3.8, 4) is 12.1 Å². The summed E-state index contributed by atoms with van der Waals surface area (Å²) in [5.41, 5.74) is 4.28. The Morgan fingerprint density at radius 1 is 0.607 bits per heavy atom. The Morgan fingerprint density at radius 3 is 1.29 bits per heavy atom. The molecule has 2 N–H and O–H groups in total. The smallest absolute Gasteiger partial charge is 0.322 e. The Bertz CT molecular complexity index is 1890. The van der Waals surface area contributed by atoms with Crippen LogP contribution in [0.15, 0.2) is 72.8 Å². The molecule has 0 saturated carbocycles. The van der Waals surface area contributed by atoms with E-state index in [1.54, 1.807) is 24.3 Å². The van der Waals surface area contributed by atoms with Crippen molar-refractivity contribution in [3.05, 3.63) is 95.3 Å². The molecule has 2 fully saturated rings. The molecule has 2 saturated heterocycles. The van der Waals surface area contributed by atoms with Gasteiger partial charge in [0.15, 0.2) is 23.0 Å². The van der Waals surface area contributed by atoms with Gasteiger partial charge in [-0.3, -0.25) is 0 Å². The normalized spacial score (nSPS) is 19.8. The highest BCUT2D eigenvalue weighted by Crippen LogP contribution is 2.30. The summed E-state index contributed by atoms with van der Waals surface area (Å²) in [4.78, 5) is 36.4. The number of carbonyl (C=O) groups is 2. The van der Waals surface area contributed by atoms with Crippen LogP contribution in [0.4, 0.5) is 32.6 Å². The van der Waals surface area contributed by atoms with Gasteiger partial charge in [0.1, 0.15) is 12.1 Å². The van der Waals surface area contributed by atoms with E-state index in [0.29, 0.717) is 62.5 Å². The van der Waals surface area contributed by atoms with Gasteiger partial charge in [0.25, 0.3) is 0 Å². The number of nitrogens with zero attached hydrogens (tertiary/aromatic N) is 10. The van der Waals surface area contributed by atoms with Crippen LogP contribution >= 0.6 is 0 Å². The van der Waals surface area contributed by atoms with E-state index in [9.17, 15) is 20.1 Å². The highest BCUT2D eigenvalue weighted by molar-refractivity contribution is 5.91. The quantitative estimate of drug-likeness (QED) is 0.182. The topological polar surface area (TPSA) is 170 Å². The predicted octanol–water partition coefficient (Wildman–Crippen LogP) is 6.96. The van der Waals surface area contributed by atoms with Gasteiger partial charge in [-0.05, 0) is 98.2 Å². The summed E-state index contributed by atoms with van der Waals surface area (Å²) >= 11 is 0. The van der Waals surface area contributed by atoms with Gasteiger partial charge in [-0.15, -0.1) is 20.4 Å². The number of piperazine rings is 2. The van der Waals surface area contributed by atoms with Crippen LogP contribution in [0.5, 0.6) is 0 Å². The van der Waals surface area contributed by atoms with Gasteiger partial charge in [-0.1, -0.05) is 52.0 Å². The van der Waals surface area contributed by atoms with Gasteiger partial charge in [0.2, 0.25) is 0 Å². The van der Waals surface area contributed by atoms with Crippen molar-refractivity contribution in [1.29, 1.82) is 10.5 Å². The number of benzene rings is 2.